The van der Waals surface area contributed by atoms with E-state index >= 15 is 0 Å². The minimum absolute atomic E-state index is 0.126. The zero-order chi connectivity index (χ0) is 24.8. The van der Waals surface area contributed by atoms with Gasteiger partial charge < -0.3 is 24.4 Å². The van der Waals surface area contributed by atoms with E-state index in [0.717, 1.165) is 6.08 Å². The minimum Gasteiger partial charge on any atom is -0.491 e. The van der Waals surface area contributed by atoms with Crippen LogP contribution in [0.25, 0.3) is 0 Å². The Labute approximate surface area is 198 Å². The zero-order valence-corrected chi connectivity index (χ0v) is 18.9. The fraction of sp³-hybridized carbons (Fsp3) is 0.320. The van der Waals surface area contributed by atoms with Crippen LogP contribution in [0.3, 0.4) is 0 Å². The van der Waals surface area contributed by atoms with Crippen LogP contribution in [-0.2, 0) is 14.3 Å². The third-order valence-corrected chi connectivity index (χ3v) is 4.65. The molecule has 0 bridgehead atoms. The molecule has 0 aliphatic heterocycles. The fourth-order valence-corrected chi connectivity index (χ4v) is 3.16. The number of hydrogen-bond acceptors (Lipinski definition) is 7. The van der Waals surface area contributed by atoms with Crippen molar-refractivity contribution >= 4 is 18.0 Å². The first-order valence-corrected chi connectivity index (χ1v) is 10.9. The Hall–Kier alpha value is -3.69. The van der Waals surface area contributed by atoms with E-state index in [1.54, 1.807) is 61.5 Å². The highest BCUT2D eigenvalue weighted by molar-refractivity contribution is 6.02. The second-order valence-electron chi connectivity index (χ2n) is 7.10. The highest BCUT2D eigenvalue weighted by Crippen LogP contribution is 2.29. The minimum atomic E-state index is -1.06. The first-order valence-electron chi connectivity index (χ1n) is 10.9. The lowest BCUT2D eigenvalue weighted by Crippen LogP contribution is -2.35. The van der Waals surface area contributed by atoms with Crippen molar-refractivity contribution < 1.29 is 38.8 Å². The maximum atomic E-state index is 12.6. The fourth-order valence-electron chi connectivity index (χ4n) is 3.16. The number of carboxylic acid groups (broad SMARTS) is 1. The van der Waals surface area contributed by atoms with E-state index in [1.807, 2.05) is 0 Å². The van der Waals surface area contributed by atoms with Gasteiger partial charge in [-0.3, -0.25) is 10.1 Å². The van der Waals surface area contributed by atoms with Gasteiger partial charge in [0.25, 0.3) is 5.91 Å². The first kappa shape index (κ1) is 26.6. The Morgan fingerprint density at radius 1 is 1.06 bits per heavy atom. The number of carboxylic acids is 1. The molecule has 0 aliphatic carbocycles. The molecule has 2 rings (SSSR count). The van der Waals surface area contributed by atoms with Crippen molar-refractivity contribution in [3.63, 3.8) is 0 Å². The van der Waals surface area contributed by atoms with Gasteiger partial charge >= 0.3 is 12.1 Å². The highest BCUT2D eigenvalue weighted by Gasteiger charge is 2.28. The summed E-state index contributed by atoms with van der Waals surface area (Å²) in [5.74, 6) is -1.13. The van der Waals surface area contributed by atoms with Crippen LogP contribution in [0.15, 0.2) is 66.7 Å². The van der Waals surface area contributed by atoms with E-state index < -0.39 is 30.2 Å². The van der Waals surface area contributed by atoms with E-state index in [0.29, 0.717) is 36.3 Å². The molecule has 0 saturated carbocycles. The molecular weight excluding hydrogens is 442 g/mol. The van der Waals surface area contributed by atoms with Gasteiger partial charge in [0, 0.05) is 18.2 Å². The number of nitrogens with one attached hydrogen (secondary N) is 1. The van der Waals surface area contributed by atoms with Gasteiger partial charge in [-0.15, -0.1) is 0 Å². The van der Waals surface area contributed by atoms with Crippen molar-refractivity contribution in [3.8, 4) is 5.75 Å². The van der Waals surface area contributed by atoms with E-state index in [1.165, 1.54) is 6.08 Å². The van der Waals surface area contributed by atoms with Crippen LogP contribution in [0.5, 0.6) is 5.75 Å². The number of imide groups is 1. The SMILES string of the molecule is CCO[C@H](CC/C=C/C(=O)O)[C@H](OC(=O)NC(=O)c1ccccc1)c1ccc(OCCO)cc1. The number of carbonyl (C=O) groups is 3. The quantitative estimate of drug-likeness (QED) is 0.378. The molecule has 0 fully saturated rings. The van der Waals surface area contributed by atoms with Gasteiger partial charge in [-0.1, -0.05) is 36.4 Å². The second kappa shape index (κ2) is 14.5. The molecule has 2 aromatic rings. The number of aliphatic hydroxyl groups excluding tert-OH is 1. The summed E-state index contributed by atoms with van der Waals surface area (Å²) in [6, 6.07) is 15.0. The van der Waals surface area contributed by atoms with Crippen LogP contribution in [0, 0.1) is 0 Å². The molecule has 0 saturated heterocycles. The van der Waals surface area contributed by atoms with Gasteiger partial charge in [0.1, 0.15) is 12.4 Å². The van der Waals surface area contributed by atoms with E-state index in [4.69, 9.17) is 24.4 Å². The maximum absolute atomic E-state index is 12.6. The van der Waals surface area contributed by atoms with Gasteiger partial charge in [0.15, 0.2) is 6.10 Å². The molecule has 34 heavy (non-hydrogen) atoms. The third-order valence-electron chi connectivity index (χ3n) is 4.65. The summed E-state index contributed by atoms with van der Waals surface area (Å²) in [5.41, 5.74) is 0.904. The molecule has 0 radical (unpaired) electrons. The van der Waals surface area contributed by atoms with Gasteiger partial charge in [0.05, 0.1) is 12.7 Å². The molecule has 0 heterocycles. The Morgan fingerprint density at radius 2 is 1.76 bits per heavy atom. The smallest absolute Gasteiger partial charge is 0.414 e. The lowest BCUT2D eigenvalue weighted by atomic mass is 10.00. The first-order chi connectivity index (χ1) is 16.4. The number of hydrogen-bond donors (Lipinski definition) is 3. The number of aliphatic hydroxyl groups is 1. The maximum Gasteiger partial charge on any atom is 0.414 e. The number of rotatable bonds is 13. The molecule has 2 amide bonds. The molecule has 0 spiro atoms. The van der Waals surface area contributed by atoms with Crippen molar-refractivity contribution in [2.24, 2.45) is 0 Å². The summed E-state index contributed by atoms with van der Waals surface area (Å²) >= 11 is 0. The number of ether oxygens (including phenoxy) is 3. The van der Waals surface area contributed by atoms with E-state index in [9.17, 15) is 14.4 Å². The molecule has 2 aromatic carbocycles. The summed E-state index contributed by atoms with van der Waals surface area (Å²) < 4.78 is 16.8. The summed E-state index contributed by atoms with van der Waals surface area (Å²) in [4.78, 5) is 35.7. The Kier molecular flexibility index (Phi) is 11.3. The average molecular weight is 472 g/mol. The van der Waals surface area contributed by atoms with Gasteiger partial charge in [-0.05, 0) is 49.6 Å². The Bertz CT molecular complexity index is 943. The molecule has 182 valence electrons. The summed E-state index contributed by atoms with van der Waals surface area (Å²) in [6.07, 6.45) is 0.849. The van der Waals surface area contributed by atoms with Crippen molar-refractivity contribution in [1.82, 2.24) is 5.32 Å². The molecule has 0 aromatic heterocycles. The van der Waals surface area contributed by atoms with Crippen LogP contribution in [0.2, 0.25) is 0 Å². The molecule has 3 N–H and O–H groups in total. The van der Waals surface area contributed by atoms with E-state index in [2.05, 4.69) is 5.32 Å². The number of carbonyl (C=O) groups excluding carboxylic acids is 2. The normalized spacial score (nSPS) is 12.6. The summed E-state index contributed by atoms with van der Waals surface area (Å²) in [7, 11) is 0. The van der Waals surface area contributed by atoms with Crippen LogP contribution in [-0.4, -0.2) is 54.1 Å². The monoisotopic (exact) mass is 471 g/mol. The van der Waals surface area contributed by atoms with Gasteiger partial charge in [-0.25, -0.2) is 9.59 Å². The van der Waals surface area contributed by atoms with Crippen LogP contribution < -0.4 is 10.1 Å². The molecular formula is C25H29NO8. The van der Waals surface area contributed by atoms with Crippen LogP contribution in [0.1, 0.15) is 41.8 Å². The van der Waals surface area contributed by atoms with Crippen LogP contribution >= 0.6 is 0 Å². The second-order valence-corrected chi connectivity index (χ2v) is 7.10. The lowest BCUT2D eigenvalue weighted by molar-refractivity contribution is -0.131. The number of amides is 2. The van der Waals surface area contributed by atoms with Gasteiger partial charge in [0.2, 0.25) is 0 Å². The Balaban J connectivity index is 2.20. The zero-order valence-electron chi connectivity index (χ0n) is 18.9. The van der Waals surface area contributed by atoms with Crippen LogP contribution in [0.4, 0.5) is 4.79 Å². The molecule has 0 unspecified atom stereocenters. The lowest BCUT2D eigenvalue weighted by Gasteiger charge is -2.27. The van der Waals surface area contributed by atoms with Gasteiger partial charge in [-0.2, -0.15) is 0 Å². The topological polar surface area (TPSA) is 131 Å². The van der Waals surface area contributed by atoms with Crippen molar-refractivity contribution in [3.05, 3.63) is 77.9 Å². The number of benzene rings is 2. The summed E-state index contributed by atoms with van der Waals surface area (Å²) in [6.45, 7) is 2.14. The Morgan fingerprint density at radius 3 is 2.38 bits per heavy atom. The number of aliphatic carboxylic acids is 1. The number of alkyl carbamates (subject to hydrolysis) is 1. The van der Waals surface area contributed by atoms with E-state index in [-0.39, 0.29) is 13.2 Å². The molecule has 0 aliphatic rings. The average Bonchev–Trinajstić information content (AvgIpc) is 2.84. The third kappa shape index (κ3) is 9.05. The molecule has 9 nitrogen and oxygen atoms in total. The molecule has 2 atom stereocenters. The number of allylic oxidation sites excluding steroid dienone is 1. The van der Waals surface area contributed by atoms with Crippen molar-refractivity contribution in [2.45, 2.75) is 32.0 Å². The highest BCUT2D eigenvalue weighted by atomic mass is 16.6. The predicted octanol–water partition coefficient (Wildman–Crippen LogP) is 3.49. The van der Waals surface area contributed by atoms with Crippen molar-refractivity contribution in [2.75, 3.05) is 19.8 Å². The summed E-state index contributed by atoms with van der Waals surface area (Å²) in [5, 5.41) is 19.9. The largest absolute Gasteiger partial charge is 0.491 e. The standard InChI is InChI=1S/C25H29NO8/c1-2-32-21(10-6-7-11-22(28)29)23(18-12-14-20(15-13-18)33-17-16-27)34-25(31)26-24(30)19-8-4-3-5-9-19/h3-5,7-9,11-15,21,23,27H,2,6,10,16-17H2,1H3,(H,28,29)(H,26,30,31)/b11-7+/t21-,23-/m1/s1. The predicted molar refractivity (Wildman–Crippen MR) is 124 cm³/mol. The van der Waals surface area contributed by atoms with Crippen molar-refractivity contribution in [1.29, 1.82) is 0 Å². The molecule has 9 heteroatoms.